The molecule has 0 aliphatic carbocycles. The molecule has 0 aliphatic rings. The zero-order chi connectivity index (χ0) is 20.5. The molecule has 29 heavy (non-hydrogen) atoms. The van der Waals surface area contributed by atoms with E-state index in [9.17, 15) is 4.79 Å². The number of benzene rings is 3. The summed E-state index contributed by atoms with van der Waals surface area (Å²) in [6.45, 7) is 4.64. The molecule has 4 nitrogen and oxygen atoms in total. The molecule has 3 aromatic carbocycles. The number of nitrogens with one attached hydrogen (secondary N) is 1. The van der Waals surface area contributed by atoms with E-state index in [1.807, 2.05) is 62.4 Å². The summed E-state index contributed by atoms with van der Waals surface area (Å²) in [7, 11) is 0. The largest absolute Gasteiger partial charge is 0.494 e. The van der Waals surface area contributed by atoms with Crippen molar-refractivity contribution < 1.29 is 14.3 Å². The van der Waals surface area contributed by atoms with Crippen LogP contribution in [0.2, 0.25) is 0 Å². The van der Waals surface area contributed by atoms with Gasteiger partial charge in [-0.25, -0.2) is 0 Å². The van der Waals surface area contributed by atoms with Crippen LogP contribution >= 0.6 is 0 Å². The number of hydrogen-bond donors (Lipinski definition) is 1. The molecule has 0 saturated heterocycles. The Morgan fingerprint density at radius 3 is 2.38 bits per heavy atom. The lowest BCUT2D eigenvalue weighted by atomic mass is 10.1. The Bertz CT molecular complexity index is 921. The van der Waals surface area contributed by atoms with Gasteiger partial charge in [0.05, 0.1) is 6.61 Å². The highest BCUT2D eigenvalue weighted by atomic mass is 16.5. The standard InChI is InChI=1S/C25H27NO3/c1-19-8-6-12-24(20(19)2)29-18-25(27)26-22-13-15-23(16-14-22)28-17-7-11-21-9-4-3-5-10-21/h3-6,8-10,12-16H,7,11,17-18H2,1-2H3,(H,26,27). The Balaban J connectivity index is 1.40. The van der Waals surface area contributed by atoms with Gasteiger partial charge in [0, 0.05) is 5.69 Å². The van der Waals surface area contributed by atoms with Crippen molar-refractivity contribution in [1.29, 1.82) is 0 Å². The van der Waals surface area contributed by atoms with Crippen LogP contribution < -0.4 is 14.8 Å². The Kier molecular flexibility index (Phi) is 7.28. The van der Waals surface area contributed by atoms with Crippen molar-refractivity contribution in [3.05, 3.63) is 89.5 Å². The maximum Gasteiger partial charge on any atom is 0.262 e. The van der Waals surface area contributed by atoms with Gasteiger partial charge in [-0.05, 0) is 73.7 Å². The third kappa shape index (κ3) is 6.39. The zero-order valence-electron chi connectivity index (χ0n) is 17.0. The highest BCUT2D eigenvalue weighted by Crippen LogP contribution is 2.21. The molecule has 0 bridgehead atoms. The molecule has 4 heteroatoms. The first kappa shape index (κ1) is 20.5. The van der Waals surface area contributed by atoms with E-state index in [2.05, 4.69) is 29.6 Å². The number of rotatable bonds is 9. The number of hydrogen-bond acceptors (Lipinski definition) is 3. The number of carbonyl (C=O) groups excluding carboxylic acids is 1. The minimum atomic E-state index is -0.192. The van der Waals surface area contributed by atoms with Gasteiger partial charge in [-0.2, -0.15) is 0 Å². The molecule has 0 spiro atoms. The molecule has 1 amide bonds. The fourth-order valence-electron chi connectivity index (χ4n) is 2.97. The van der Waals surface area contributed by atoms with Crippen LogP contribution in [0.4, 0.5) is 5.69 Å². The second-order valence-electron chi connectivity index (χ2n) is 7.00. The van der Waals surface area contributed by atoms with Gasteiger partial charge in [-0.15, -0.1) is 0 Å². The van der Waals surface area contributed by atoms with E-state index in [-0.39, 0.29) is 12.5 Å². The van der Waals surface area contributed by atoms with Gasteiger partial charge >= 0.3 is 0 Å². The first-order valence-electron chi connectivity index (χ1n) is 9.87. The molecule has 0 heterocycles. The summed E-state index contributed by atoms with van der Waals surface area (Å²) in [5.74, 6) is 1.34. The number of anilines is 1. The van der Waals surface area contributed by atoms with Crippen LogP contribution in [0.5, 0.6) is 11.5 Å². The average molecular weight is 389 g/mol. The Hall–Kier alpha value is -3.27. The first-order chi connectivity index (χ1) is 14.1. The third-order valence-electron chi connectivity index (χ3n) is 4.77. The molecule has 0 unspecified atom stereocenters. The van der Waals surface area contributed by atoms with Crippen molar-refractivity contribution in [3.8, 4) is 11.5 Å². The van der Waals surface area contributed by atoms with Gasteiger partial charge in [0.25, 0.3) is 5.91 Å². The molecular formula is C25H27NO3. The second-order valence-corrected chi connectivity index (χ2v) is 7.00. The van der Waals surface area contributed by atoms with Crippen molar-refractivity contribution in [1.82, 2.24) is 0 Å². The summed E-state index contributed by atoms with van der Waals surface area (Å²) >= 11 is 0. The van der Waals surface area contributed by atoms with Crippen LogP contribution in [0.15, 0.2) is 72.8 Å². The predicted octanol–water partition coefficient (Wildman–Crippen LogP) is 5.33. The van der Waals surface area contributed by atoms with Crippen LogP contribution in [-0.4, -0.2) is 19.1 Å². The van der Waals surface area contributed by atoms with Gasteiger partial charge in [-0.1, -0.05) is 42.5 Å². The van der Waals surface area contributed by atoms with Crippen molar-refractivity contribution in [2.45, 2.75) is 26.7 Å². The van der Waals surface area contributed by atoms with E-state index in [4.69, 9.17) is 9.47 Å². The van der Waals surface area contributed by atoms with Gasteiger partial charge in [-0.3, -0.25) is 4.79 Å². The molecule has 0 saturated carbocycles. The van der Waals surface area contributed by atoms with Crippen molar-refractivity contribution in [2.24, 2.45) is 0 Å². The third-order valence-corrected chi connectivity index (χ3v) is 4.77. The molecule has 3 rings (SSSR count). The lowest BCUT2D eigenvalue weighted by Gasteiger charge is -2.11. The minimum absolute atomic E-state index is 0.0258. The van der Waals surface area contributed by atoms with E-state index < -0.39 is 0 Å². The first-order valence-corrected chi connectivity index (χ1v) is 9.87. The molecule has 0 radical (unpaired) electrons. The maximum absolute atomic E-state index is 12.1. The monoisotopic (exact) mass is 389 g/mol. The molecule has 0 aliphatic heterocycles. The lowest BCUT2D eigenvalue weighted by molar-refractivity contribution is -0.118. The van der Waals surface area contributed by atoms with Crippen molar-refractivity contribution in [3.63, 3.8) is 0 Å². The molecule has 1 N–H and O–H groups in total. The van der Waals surface area contributed by atoms with Crippen LogP contribution in [0.3, 0.4) is 0 Å². The summed E-state index contributed by atoms with van der Waals surface area (Å²) in [6, 6.07) is 23.6. The molecular weight excluding hydrogens is 362 g/mol. The van der Waals surface area contributed by atoms with E-state index in [1.165, 1.54) is 5.56 Å². The van der Waals surface area contributed by atoms with Crippen molar-refractivity contribution >= 4 is 11.6 Å². The topological polar surface area (TPSA) is 47.6 Å². The molecule has 0 atom stereocenters. The van der Waals surface area contributed by atoms with Gasteiger partial charge in [0.15, 0.2) is 6.61 Å². The molecule has 0 fully saturated rings. The average Bonchev–Trinajstić information content (AvgIpc) is 2.74. The molecule has 0 aromatic heterocycles. The second kappa shape index (κ2) is 10.3. The summed E-state index contributed by atoms with van der Waals surface area (Å²) in [5.41, 5.74) is 4.23. The minimum Gasteiger partial charge on any atom is -0.494 e. The van der Waals surface area contributed by atoms with Gasteiger partial charge in [0.1, 0.15) is 11.5 Å². The summed E-state index contributed by atoms with van der Waals surface area (Å²) in [5, 5.41) is 2.84. The zero-order valence-corrected chi connectivity index (χ0v) is 17.0. The van der Waals surface area contributed by atoms with Gasteiger partial charge in [0.2, 0.25) is 0 Å². The van der Waals surface area contributed by atoms with Crippen LogP contribution in [-0.2, 0) is 11.2 Å². The Morgan fingerprint density at radius 1 is 0.862 bits per heavy atom. The van der Waals surface area contributed by atoms with Crippen LogP contribution in [0, 0.1) is 13.8 Å². The van der Waals surface area contributed by atoms with E-state index in [0.29, 0.717) is 6.61 Å². The summed E-state index contributed by atoms with van der Waals surface area (Å²) in [4.78, 5) is 12.1. The predicted molar refractivity (Wildman–Crippen MR) is 117 cm³/mol. The van der Waals surface area contributed by atoms with E-state index >= 15 is 0 Å². The Labute approximate surface area is 172 Å². The normalized spacial score (nSPS) is 10.4. The number of aryl methyl sites for hydroxylation is 2. The Morgan fingerprint density at radius 2 is 1.62 bits per heavy atom. The van der Waals surface area contributed by atoms with Crippen LogP contribution in [0.1, 0.15) is 23.1 Å². The fraction of sp³-hybridized carbons (Fsp3) is 0.240. The highest BCUT2D eigenvalue weighted by molar-refractivity contribution is 5.91. The summed E-state index contributed by atoms with van der Waals surface area (Å²) in [6.07, 6.45) is 1.95. The van der Waals surface area contributed by atoms with E-state index in [0.717, 1.165) is 41.2 Å². The number of ether oxygens (including phenoxy) is 2. The highest BCUT2D eigenvalue weighted by Gasteiger charge is 2.07. The maximum atomic E-state index is 12.1. The van der Waals surface area contributed by atoms with Crippen LogP contribution in [0.25, 0.3) is 0 Å². The molecule has 150 valence electrons. The quantitative estimate of drug-likeness (QED) is 0.503. The number of carbonyl (C=O) groups is 1. The SMILES string of the molecule is Cc1cccc(OCC(=O)Nc2ccc(OCCCc3ccccc3)cc2)c1C. The summed E-state index contributed by atoms with van der Waals surface area (Å²) < 4.78 is 11.4. The van der Waals surface area contributed by atoms with Gasteiger partial charge < -0.3 is 14.8 Å². The number of amides is 1. The lowest BCUT2D eigenvalue weighted by Crippen LogP contribution is -2.20. The van der Waals surface area contributed by atoms with E-state index in [1.54, 1.807) is 0 Å². The smallest absolute Gasteiger partial charge is 0.262 e. The van der Waals surface area contributed by atoms with Crippen molar-refractivity contribution in [2.75, 3.05) is 18.5 Å². The molecule has 3 aromatic rings. The fourth-order valence-corrected chi connectivity index (χ4v) is 2.97.